The molecule has 128 valence electrons. The zero-order chi connectivity index (χ0) is 17.1. The fourth-order valence-electron chi connectivity index (χ4n) is 4.96. The van der Waals surface area contributed by atoms with Crippen LogP contribution < -0.4 is 4.74 Å². The first kappa shape index (κ1) is 15.5. The van der Waals surface area contributed by atoms with Crippen LogP contribution in [0.25, 0.3) is 0 Å². The average Bonchev–Trinajstić information content (AvgIpc) is 2.57. The molecular formula is C19H23NO4. The van der Waals surface area contributed by atoms with Gasteiger partial charge < -0.3 is 19.5 Å². The first-order valence-corrected chi connectivity index (χ1v) is 8.41. The summed E-state index contributed by atoms with van der Waals surface area (Å²) in [5, 5.41) is 10.2. The number of benzene rings is 1. The van der Waals surface area contributed by atoms with Crippen LogP contribution in [-0.2, 0) is 21.4 Å². The van der Waals surface area contributed by atoms with Gasteiger partial charge in [0, 0.05) is 17.9 Å². The van der Waals surface area contributed by atoms with Gasteiger partial charge in [0.25, 0.3) is 0 Å². The number of ether oxygens (including phenoxy) is 2. The maximum absolute atomic E-state index is 12.4. The van der Waals surface area contributed by atoms with Crippen LogP contribution in [0.3, 0.4) is 0 Å². The highest BCUT2D eigenvalue weighted by Gasteiger charge is 2.55. The lowest BCUT2D eigenvalue weighted by atomic mass is 9.54. The Bertz CT molecular complexity index is 741. The van der Waals surface area contributed by atoms with Crippen molar-refractivity contribution in [1.82, 2.24) is 4.90 Å². The van der Waals surface area contributed by atoms with Gasteiger partial charge in [-0.2, -0.15) is 0 Å². The van der Waals surface area contributed by atoms with Gasteiger partial charge in [0.15, 0.2) is 23.0 Å². The van der Waals surface area contributed by atoms with Crippen LogP contribution in [0.2, 0.25) is 0 Å². The summed E-state index contributed by atoms with van der Waals surface area (Å²) in [6, 6.07) is 4.09. The number of hydrogen-bond acceptors (Lipinski definition) is 5. The molecule has 1 aromatic rings. The van der Waals surface area contributed by atoms with Crippen LogP contribution in [0, 0.1) is 5.92 Å². The molecule has 0 aromatic heterocycles. The first-order valence-electron chi connectivity index (χ1n) is 8.41. The second kappa shape index (κ2) is 5.24. The fraction of sp³-hybridized carbons (Fsp3) is 0.526. The molecule has 0 saturated carbocycles. The molecule has 0 radical (unpaired) electrons. The molecule has 24 heavy (non-hydrogen) atoms. The van der Waals surface area contributed by atoms with Crippen LogP contribution in [0.1, 0.15) is 24.0 Å². The predicted octanol–water partition coefficient (Wildman–Crippen LogP) is 2.02. The van der Waals surface area contributed by atoms with Gasteiger partial charge in [-0.1, -0.05) is 0 Å². The summed E-state index contributed by atoms with van der Waals surface area (Å²) >= 11 is 0. The Morgan fingerprint density at radius 1 is 1.25 bits per heavy atom. The summed E-state index contributed by atoms with van der Waals surface area (Å²) in [6.45, 7) is 0.978. The van der Waals surface area contributed by atoms with Crippen molar-refractivity contribution in [3.63, 3.8) is 0 Å². The number of phenols is 1. The van der Waals surface area contributed by atoms with Gasteiger partial charge in [0.2, 0.25) is 0 Å². The minimum Gasteiger partial charge on any atom is -0.504 e. The topological polar surface area (TPSA) is 59.0 Å². The number of piperidine rings is 1. The number of phenolic OH excluding ortho intramolecular Hbond substituents is 1. The second-order valence-corrected chi connectivity index (χ2v) is 7.17. The summed E-state index contributed by atoms with van der Waals surface area (Å²) < 4.78 is 10.7. The molecule has 1 fully saturated rings. The summed E-state index contributed by atoms with van der Waals surface area (Å²) in [7, 11) is 5.26. The number of likely N-dealkylation sites (tertiary alicyclic amines) is 1. The SMILES string of the molecule is COC1=C[C@@]23CCN(C)[C@@H](Cc4cc(O)c(OC)cc42)[C@H]3CC1=O. The van der Waals surface area contributed by atoms with Crippen LogP contribution in [0.15, 0.2) is 24.0 Å². The number of hydrogen-bond donors (Lipinski definition) is 1. The summed E-state index contributed by atoms with van der Waals surface area (Å²) in [5.74, 6) is 1.46. The molecule has 2 aliphatic carbocycles. The number of ketones is 1. The Morgan fingerprint density at radius 3 is 2.75 bits per heavy atom. The Hall–Kier alpha value is -2.01. The molecule has 0 unspecified atom stereocenters. The van der Waals surface area contributed by atoms with Gasteiger partial charge in [0.1, 0.15) is 0 Å². The molecule has 3 aliphatic rings. The zero-order valence-electron chi connectivity index (χ0n) is 14.3. The number of methoxy groups -OCH3 is 2. The largest absolute Gasteiger partial charge is 0.504 e. The maximum atomic E-state index is 12.4. The van der Waals surface area contributed by atoms with Crippen molar-refractivity contribution in [2.45, 2.75) is 30.7 Å². The second-order valence-electron chi connectivity index (χ2n) is 7.17. The Balaban J connectivity index is 1.97. The number of carbonyl (C=O) groups excluding carboxylic acids is 1. The molecular weight excluding hydrogens is 306 g/mol. The molecule has 3 atom stereocenters. The van der Waals surface area contributed by atoms with Gasteiger partial charge in [-0.15, -0.1) is 0 Å². The van der Waals surface area contributed by atoms with Crippen molar-refractivity contribution < 1.29 is 19.4 Å². The van der Waals surface area contributed by atoms with Crippen molar-refractivity contribution in [3.8, 4) is 11.5 Å². The normalized spacial score (nSPS) is 31.8. The first-order chi connectivity index (χ1) is 11.5. The van der Waals surface area contributed by atoms with Gasteiger partial charge in [-0.05, 0) is 61.7 Å². The third-order valence-corrected chi connectivity index (χ3v) is 6.19. The highest BCUT2D eigenvalue weighted by Crippen LogP contribution is 2.55. The number of aromatic hydroxyl groups is 1. The van der Waals surface area contributed by atoms with Gasteiger partial charge in [0.05, 0.1) is 14.2 Å². The molecule has 0 amide bonds. The average molecular weight is 329 g/mol. The maximum Gasteiger partial charge on any atom is 0.197 e. The molecule has 5 nitrogen and oxygen atoms in total. The van der Waals surface area contributed by atoms with Gasteiger partial charge in [-0.25, -0.2) is 0 Å². The van der Waals surface area contributed by atoms with E-state index in [1.807, 2.05) is 18.2 Å². The number of carbonyl (C=O) groups is 1. The number of fused-ring (bicyclic) bond motifs is 1. The van der Waals surface area contributed by atoms with E-state index in [4.69, 9.17) is 9.47 Å². The standard InChI is InChI=1S/C19H23NO4/c1-20-5-4-19-10-18(24-3)16(22)8-13(19)14(20)6-11-7-15(21)17(23-2)9-12(11)19/h7,9-10,13-14,21H,4-6,8H2,1-3H3/t13-,14+,19+/m1/s1. The van der Waals surface area contributed by atoms with Gasteiger partial charge in [-0.3, -0.25) is 4.79 Å². The monoisotopic (exact) mass is 329 g/mol. The van der Waals surface area contributed by atoms with Crippen molar-refractivity contribution in [2.24, 2.45) is 5.92 Å². The highest BCUT2D eigenvalue weighted by atomic mass is 16.5. The predicted molar refractivity (Wildman–Crippen MR) is 89.3 cm³/mol. The van der Waals surface area contributed by atoms with E-state index in [-0.39, 0.29) is 22.9 Å². The zero-order valence-corrected chi connectivity index (χ0v) is 14.3. The molecule has 4 rings (SSSR count). The molecule has 1 saturated heterocycles. The van der Waals surface area contributed by atoms with Crippen LogP contribution in [-0.4, -0.2) is 49.6 Å². The smallest absolute Gasteiger partial charge is 0.197 e. The lowest BCUT2D eigenvalue weighted by Gasteiger charge is -2.56. The van der Waals surface area contributed by atoms with E-state index in [1.54, 1.807) is 14.2 Å². The van der Waals surface area contributed by atoms with E-state index in [0.717, 1.165) is 24.9 Å². The lowest BCUT2D eigenvalue weighted by molar-refractivity contribution is -0.122. The highest BCUT2D eigenvalue weighted by molar-refractivity contribution is 5.95. The minimum atomic E-state index is -0.217. The molecule has 1 heterocycles. The van der Waals surface area contributed by atoms with E-state index in [2.05, 4.69) is 11.9 Å². The molecule has 0 spiro atoms. The number of Topliss-reactive ketones (excluding diaryl/α,β-unsaturated/α-hetero) is 1. The van der Waals surface area contributed by atoms with Crippen molar-refractivity contribution in [1.29, 1.82) is 0 Å². The van der Waals surface area contributed by atoms with Gasteiger partial charge >= 0.3 is 0 Å². The summed E-state index contributed by atoms with van der Waals surface area (Å²) in [5.41, 5.74) is 2.10. The number of likely N-dealkylation sites (N-methyl/N-ethyl adjacent to an activating group) is 1. The van der Waals surface area contributed by atoms with Crippen molar-refractivity contribution >= 4 is 5.78 Å². The quantitative estimate of drug-likeness (QED) is 0.899. The van der Waals surface area contributed by atoms with E-state index in [1.165, 1.54) is 5.56 Å². The van der Waals surface area contributed by atoms with Crippen molar-refractivity contribution in [2.75, 3.05) is 27.8 Å². The molecule has 1 aromatic carbocycles. The Labute approximate surface area is 141 Å². The number of allylic oxidation sites excluding steroid dienone is 2. The summed E-state index contributed by atoms with van der Waals surface area (Å²) in [4.78, 5) is 14.8. The number of nitrogens with zero attached hydrogens (tertiary/aromatic N) is 1. The van der Waals surface area contributed by atoms with E-state index >= 15 is 0 Å². The Kier molecular flexibility index (Phi) is 3.39. The third kappa shape index (κ3) is 1.94. The van der Waals surface area contributed by atoms with Crippen LogP contribution in [0.4, 0.5) is 0 Å². The summed E-state index contributed by atoms with van der Waals surface area (Å²) in [6.07, 6.45) is 4.33. The lowest BCUT2D eigenvalue weighted by Crippen LogP contribution is -2.60. The third-order valence-electron chi connectivity index (χ3n) is 6.19. The molecule has 2 bridgehead atoms. The molecule has 1 N–H and O–H groups in total. The van der Waals surface area contributed by atoms with Crippen molar-refractivity contribution in [3.05, 3.63) is 35.1 Å². The fourth-order valence-corrected chi connectivity index (χ4v) is 4.96. The Morgan fingerprint density at radius 2 is 2.04 bits per heavy atom. The molecule has 5 heteroatoms. The molecule has 1 aliphatic heterocycles. The van der Waals surface area contributed by atoms with E-state index in [9.17, 15) is 9.90 Å². The van der Waals surface area contributed by atoms with E-state index < -0.39 is 0 Å². The number of rotatable bonds is 2. The van der Waals surface area contributed by atoms with Crippen LogP contribution >= 0.6 is 0 Å². The van der Waals surface area contributed by atoms with Crippen LogP contribution in [0.5, 0.6) is 11.5 Å². The van der Waals surface area contributed by atoms with E-state index in [0.29, 0.717) is 24.0 Å². The minimum absolute atomic E-state index is 0.0904.